The molecule has 0 radical (unpaired) electrons. The van der Waals surface area contributed by atoms with Crippen LogP contribution in [0.4, 0.5) is 0 Å². The number of nitroso groups, excluding NO2 is 1. The van der Waals surface area contributed by atoms with Gasteiger partial charge in [-0.15, -0.1) is 0 Å². The molecule has 0 fully saturated rings. The molecule has 66 valence electrons. The molecule has 13 heavy (non-hydrogen) atoms. The van der Waals surface area contributed by atoms with Crippen LogP contribution in [0.5, 0.6) is 5.75 Å². The second kappa shape index (κ2) is 4.15. The topological polar surface area (TPSA) is 74.0 Å². The quantitative estimate of drug-likeness (QED) is 0.604. The van der Waals surface area contributed by atoms with Crippen LogP contribution in [0.2, 0.25) is 0 Å². The minimum absolute atomic E-state index is 0.239. The van der Waals surface area contributed by atoms with Crippen LogP contribution in [-0.2, 0) is 0 Å². The average molecular weight is 176 g/mol. The number of aromatic nitrogens is 1. The Labute approximate surface area is 74.6 Å². The zero-order valence-corrected chi connectivity index (χ0v) is 6.77. The first kappa shape index (κ1) is 9.12. The summed E-state index contributed by atoms with van der Waals surface area (Å²) in [7, 11) is 0. The van der Waals surface area contributed by atoms with E-state index in [1.54, 1.807) is 18.3 Å². The van der Waals surface area contributed by atoms with E-state index in [9.17, 15) is 5.11 Å². The van der Waals surface area contributed by atoms with Crippen LogP contribution in [0.25, 0.3) is 10.9 Å². The third kappa shape index (κ3) is 1.79. The smallest absolute Gasteiger partial charge is 0.141 e. The summed E-state index contributed by atoms with van der Waals surface area (Å²) in [6.45, 7) is 0. The molecule has 0 spiro atoms. The van der Waals surface area contributed by atoms with Gasteiger partial charge in [0.2, 0.25) is 0 Å². The number of pyridine rings is 1. The van der Waals surface area contributed by atoms with Gasteiger partial charge < -0.3 is 5.11 Å². The lowest BCUT2D eigenvalue weighted by Gasteiger charge is -1.96. The number of phenolic OH excluding ortho intramolecular Hbond substituents is 1. The number of hydrogen-bond donors (Lipinski definition) is 2. The van der Waals surface area contributed by atoms with Gasteiger partial charge in [0, 0.05) is 11.6 Å². The second-order valence-electron chi connectivity index (χ2n) is 2.35. The number of aromatic hydroxyl groups is 1. The normalized spacial score (nSPS) is 8.92. The predicted octanol–water partition coefficient (Wildman–Crippen LogP) is 2.27. The van der Waals surface area contributed by atoms with E-state index in [-0.39, 0.29) is 5.75 Å². The van der Waals surface area contributed by atoms with Crippen molar-refractivity contribution in [1.82, 2.24) is 4.98 Å². The molecule has 1 aromatic carbocycles. The molecule has 0 saturated carbocycles. The standard InChI is InChI=1S/C9H7NO.HNO/c11-8-5-1-3-7-4-2-6-10-9(7)8;1-2/h1-6,11H;1H. The molecule has 2 N–H and O–H groups in total. The van der Waals surface area contributed by atoms with Crippen LogP contribution in [0.1, 0.15) is 0 Å². The largest absolute Gasteiger partial charge is 0.506 e. The molecule has 1 heterocycles. The van der Waals surface area contributed by atoms with E-state index in [0.29, 0.717) is 5.52 Å². The van der Waals surface area contributed by atoms with E-state index in [4.69, 9.17) is 4.91 Å². The summed E-state index contributed by atoms with van der Waals surface area (Å²) >= 11 is 0. The van der Waals surface area contributed by atoms with Crippen LogP contribution in [-0.4, -0.2) is 10.1 Å². The van der Waals surface area contributed by atoms with Crippen molar-refractivity contribution in [1.29, 1.82) is 5.59 Å². The molecule has 0 amide bonds. The Bertz CT molecular complexity index is 398. The van der Waals surface area contributed by atoms with E-state index in [2.05, 4.69) is 10.6 Å². The van der Waals surface area contributed by atoms with Gasteiger partial charge in [-0.05, 0) is 12.1 Å². The lowest BCUT2D eigenvalue weighted by atomic mass is 10.2. The maximum Gasteiger partial charge on any atom is 0.141 e. The first-order valence-corrected chi connectivity index (χ1v) is 3.61. The van der Waals surface area contributed by atoms with Gasteiger partial charge in [-0.3, -0.25) is 4.98 Å². The van der Waals surface area contributed by atoms with Gasteiger partial charge in [-0.2, -0.15) is 4.91 Å². The van der Waals surface area contributed by atoms with Crippen molar-refractivity contribution in [2.24, 2.45) is 0 Å². The Hall–Kier alpha value is -1.97. The predicted molar refractivity (Wildman–Crippen MR) is 49.5 cm³/mol. The van der Waals surface area contributed by atoms with E-state index in [1.165, 1.54) is 0 Å². The number of nitrogens with zero attached hydrogens (tertiary/aromatic N) is 1. The first-order valence-electron chi connectivity index (χ1n) is 3.61. The van der Waals surface area contributed by atoms with Gasteiger partial charge in [0.1, 0.15) is 11.3 Å². The maximum atomic E-state index is 9.31. The molecular formula is C9H8N2O2. The lowest BCUT2D eigenvalue weighted by Crippen LogP contribution is -1.76. The minimum Gasteiger partial charge on any atom is -0.506 e. The summed E-state index contributed by atoms with van der Waals surface area (Å²) in [5, 5.41) is 10.3. The van der Waals surface area contributed by atoms with Crippen LogP contribution in [0.3, 0.4) is 0 Å². The van der Waals surface area contributed by atoms with Gasteiger partial charge >= 0.3 is 0 Å². The number of fused-ring (bicyclic) bond motifs is 1. The molecule has 0 bridgehead atoms. The van der Waals surface area contributed by atoms with Crippen molar-refractivity contribution < 1.29 is 5.11 Å². The summed E-state index contributed by atoms with van der Waals surface area (Å²) in [6.07, 6.45) is 1.67. The Kier molecular flexibility index (Phi) is 2.92. The minimum atomic E-state index is 0.239. The highest BCUT2D eigenvalue weighted by atomic mass is 16.3. The molecule has 0 aliphatic heterocycles. The van der Waals surface area contributed by atoms with Gasteiger partial charge in [-0.1, -0.05) is 23.8 Å². The number of para-hydroxylation sites is 1. The molecule has 0 aliphatic rings. The fourth-order valence-electron chi connectivity index (χ4n) is 1.09. The highest BCUT2D eigenvalue weighted by Crippen LogP contribution is 2.20. The number of phenols is 1. The third-order valence-electron chi connectivity index (χ3n) is 1.61. The summed E-state index contributed by atoms with van der Waals surface area (Å²) in [6, 6.07) is 9.13. The van der Waals surface area contributed by atoms with Crippen molar-refractivity contribution in [2.75, 3.05) is 0 Å². The van der Waals surface area contributed by atoms with Crippen LogP contribution in [0, 0.1) is 10.5 Å². The van der Waals surface area contributed by atoms with Crippen molar-refractivity contribution in [3.05, 3.63) is 41.4 Å². The molecule has 0 saturated heterocycles. The molecule has 4 heteroatoms. The van der Waals surface area contributed by atoms with Gasteiger partial charge in [-0.25, -0.2) is 0 Å². The zero-order valence-electron chi connectivity index (χ0n) is 6.77. The Morgan fingerprint density at radius 3 is 2.54 bits per heavy atom. The second-order valence-corrected chi connectivity index (χ2v) is 2.35. The van der Waals surface area contributed by atoms with Crippen molar-refractivity contribution >= 4 is 10.9 Å². The Morgan fingerprint density at radius 2 is 1.85 bits per heavy atom. The monoisotopic (exact) mass is 176 g/mol. The number of nitrogens with one attached hydrogen (secondary N) is 1. The summed E-state index contributed by atoms with van der Waals surface area (Å²) in [5.74, 6) is 0.239. The molecule has 1 aromatic heterocycles. The molecule has 0 aliphatic carbocycles. The van der Waals surface area contributed by atoms with Crippen LogP contribution >= 0.6 is 0 Å². The van der Waals surface area contributed by atoms with Crippen molar-refractivity contribution in [3.63, 3.8) is 0 Å². The van der Waals surface area contributed by atoms with E-state index in [1.807, 2.05) is 18.2 Å². The molecule has 0 atom stereocenters. The lowest BCUT2D eigenvalue weighted by molar-refractivity contribution is 0.480. The molecule has 2 aromatic rings. The van der Waals surface area contributed by atoms with Crippen LogP contribution < -0.4 is 0 Å². The SMILES string of the molecule is N=O.Oc1cccc2cccnc12. The molecular weight excluding hydrogens is 168 g/mol. The molecule has 0 unspecified atom stereocenters. The third-order valence-corrected chi connectivity index (χ3v) is 1.61. The number of benzene rings is 1. The van der Waals surface area contributed by atoms with Gasteiger partial charge in [0.15, 0.2) is 0 Å². The van der Waals surface area contributed by atoms with E-state index < -0.39 is 0 Å². The Balaban J connectivity index is 0.000000396. The molecule has 4 nitrogen and oxygen atoms in total. The highest BCUT2D eigenvalue weighted by molar-refractivity contribution is 5.83. The van der Waals surface area contributed by atoms with E-state index in [0.717, 1.165) is 5.39 Å². The van der Waals surface area contributed by atoms with Crippen LogP contribution in [0.15, 0.2) is 36.5 Å². The first-order chi connectivity index (χ1) is 6.38. The van der Waals surface area contributed by atoms with Gasteiger partial charge in [0.05, 0.1) is 0 Å². The summed E-state index contributed by atoms with van der Waals surface area (Å²) in [5.41, 5.74) is 5.16. The average Bonchev–Trinajstić information content (AvgIpc) is 2.22. The highest BCUT2D eigenvalue weighted by Gasteiger charge is 1.96. The molecule has 2 rings (SSSR count). The van der Waals surface area contributed by atoms with E-state index >= 15 is 0 Å². The van der Waals surface area contributed by atoms with Crippen molar-refractivity contribution in [3.8, 4) is 5.75 Å². The zero-order chi connectivity index (χ0) is 9.68. The Morgan fingerprint density at radius 1 is 1.15 bits per heavy atom. The maximum absolute atomic E-state index is 9.31. The van der Waals surface area contributed by atoms with Crippen molar-refractivity contribution in [2.45, 2.75) is 0 Å². The summed E-state index contributed by atoms with van der Waals surface area (Å²) in [4.78, 5) is 11.5. The fraction of sp³-hybridized carbons (Fsp3) is 0. The fourth-order valence-corrected chi connectivity index (χ4v) is 1.09. The number of hydrogen-bond acceptors (Lipinski definition) is 4. The number of rotatable bonds is 0. The summed E-state index contributed by atoms with van der Waals surface area (Å²) < 4.78 is 0. The van der Waals surface area contributed by atoms with Gasteiger partial charge in [0.25, 0.3) is 0 Å².